The fourth-order valence-corrected chi connectivity index (χ4v) is 3.36. The molecule has 1 aromatic carbocycles. The summed E-state index contributed by atoms with van der Waals surface area (Å²) in [5.41, 5.74) is -1.42. The largest absolute Gasteiger partial charge is 0.479 e. The van der Waals surface area contributed by atoms with E-state index in [4.69, 9.17) is 4.74 Å². The van der Waals surface area contributed by atoms with E-state index < -0.39 is 22.8 Å². The van der Waals surface area contributed by atoms with Crippen LogP contribution in [0.25, 0.3) is 5.69 Å². The van der Waals surface area contributed by atoms with Crippen LogP contribution in [0.5, 0.6) is 0 Å². The van der Waals surface area contributed by atoms with E-state index in [1.165, 1.54) is 11.0 Å². The fraction of sp³-hybridized carbons (Fsp3) is 0.444. The van der Waals surface area contributed by atoms with E-state index in [0.29, 0.717) is 6.61 Å². The number of carbonyl (C=O) groups excluding carboxylic acids is 1. The molecule has 1 aliphatic carbocycles. The second-order valence-corrected chi connectivity index (χ2v) is 6.88. The summed E-state index contributed by atoms with van der Waals surface area (Å²) >= 11 is 0. The topological polar surface area (TPSA) is 106 Å². The number of benzene rings is 1. The molecule has 3 rings (SSSR count). The van der Waals surface area contributed by atoms with E-state index in [1.54, 1.807) is 13.8 Å². The summed E-state index contributed by atoms with van der Waals surface area (Å²) in [5, 5.41) is 16.6. The Balaban J connectivity index is 1.80. The van der Waals surface area contributed by atoms with E-state index in [0.717, 1.165) is 5.69 Å². The maximum atomic E-state index is 12.6. The van der Waals surface area contributed by atoms with Gasteiger partial charge in [-0.3, -0.25) is 4.79 Å². The lowest BCUT2D eigenvalue weighted by Crippen LogP contribution is -2.76. The number of carboxylic acid groups (broad SMARTS) is 1. The molecule has 1 amide bonds. The average Bonchev–Trinajstić information content (AvgIpc) is 3.11. The van der Waals surface area contributed by atoms with Gasteiger partial charge in [0.05, 0.1) is 11.8 Å². The van der Waals surface area contributed by atoms with Crippen LogP contribution in [0.3, 0.4) is 0 Å². The van der Waals surface area contributed by atoms with Gasteiger partial charge in [0.25, 0.3) is 5.91 Å². The standard InChI is InChI=1S/C18H22N4O4/c1-4-26-13-10-18(16(24)25,17(13,2)3)20-15(23)14-19-11-22(21-14)12-8-6-5-7-9-12/h5-9,11,13H,4,10H2,1-3H3,(H,20,23)(H,24,25). The first-order valence-corrected chi connectivity index (χ1v) is 8.46. The van der Waals surface area contributed by atoms with Gasteiger partial charge in [0, 0.05) is 18.4 Å². The first-order chi connectivity index (χ1) is 12.3. The number of carboxylic acids is 1. The number of carbonyl (C=O) groups is 2. The van der Waals surface area contributed by atoms with Crippen molar-refractivity contribution in [1.82, 2.24) is 20.1 Å². The van der Waals surface area contributed by atoms with Gasteiger partial charge in [0.2, 0.25) is 5.82 Å². The molecule has 0 saturated heterocycles. The molecule has 0 spiro atoms. The maximum Gasteiger partial charge on any atom is 0.330 e. The summed E-state index contributed by atoms with van der Waals surface area (Å²) in [4.78, 5) is 28.6. The van der Waals surface area contributed by atoms with Crippen molar-refractivity contribution in [3.8, 4) is 5.69 Å². The van der Waals surface area contributed by atoms with Gasteiger partial charge < -0.3 is 15.2 Å². The van der Waals surface area contributed by atoms with Gasteiger partial charge in [-0.15, -0.1) is 5.10 Å². The number of amides is 1. The molecule has 0 radical (unpaired) electrons. The zero-order valence-electron chi connectivity index (χ0n) is 15.0. The van der Waals surface area contributed by atoms with Gasteiger partial charge >= 0.3 is 5.97 Å². The number of para-hydroxylation sites is 1. The van der Waals surface area contributed by atoms with Gasteiger partial charge in [0.15, 0.2) is 0 Å². The van der Waals surface area contributed by atoms with Crippen molar-refractivity contribution in [3.05, 3.63) is 42.5 Å². The second-order valence-electron chi connectivity index (χ2n) is 6.88. The summed E-state index contributed by atoms with van der Waals surface area (Å²) in [5.74, 6) is -1.79. The van der Waals surface area contributed by atoms with Crippen LogP contribution in [-0.2, 0) is 9.53 Å². The predicted molar refractivity (Wildman–Crippen MR) is 93.0 cm³/mol. The number of ether oxygens (including phenoxy) is 1. The number of rotatable bonds is 6. The van der Waals surface area contributed by atoms with Crippen molar-refractivity contribution in [2.45, 2.75) is 38.8 Å². The highest BCUT2D eigenvalue weighted by atomic mass is 16.5. The van der Waals surface area contributed by atoms with E-state index in [-0.39, 0.29) is 18.3 Å². The number of hydrogen-bond acceptors (Lipinski definition) is 5. The predicted octanol–water partition coefficient (Wildman–Crippen LogP) is 1.66. The molecule has 138 valence electrons. The normalized spacial score (nSPS) is 23.9. The van der Waals surface area contributed by atoms with Crippen LogP contribution in [0, 0.1) is 5.41 Å². The third-order valence-electron chi connectivity index (χ3n) is 5.17. The highest BCUT2D eigenvalue weighted by Crippen LogP contribution is 2.51. The molecule has 1 heterocycles. The van der Waals surface area contributed by atoms with Crippen molar-refractivity contribution in [2.75, 3.05) is 6.61 Å². The van der Waals surface area contributed by atoms with Crippen LogP contribution < -0.4 is 5.32 Å². The molecule has 0 aliphatic heterocycles. The van der Waals surface area contributed by atoms with Crippen LogP contribution in [0.2, 0.25) is 0 Å². The summed E-state index contributed by atoms with van der Waals surface area (Å²) < 4.78 is 7.07. The van der Waals surface area contributed by atoms with Crippen molar-refractivity contribution in [3.63, 3.8) is 0 Å². The van der Waals surface area contributed by atoms with Crippen LogP contribution in [-0.4, -0.2) is 50.0 Å². The molecule has 8 nitrogen and oxygen atoms in total. The molecule has 1 aromatic heterocycles. The van der Waals surface area contributed by atoms with Gasteiger partial charge in [-0.25, -0.2) is 14.5 Å². The second kappa shape index (κ2) is 6.53. The first kappa shape index (κ1) is 18.1. The van der Waals surface area contributed by atoms with Crippen molar-refractivity contribution < 1.29 is 19.4 Å². The lowest BCUT2D eigenvalue weighted by atomic mass is 9.54. The molecule has 0 bridgehead atoms. The Kier molecular flexibility index (Phi) is 4.53. The maximum absolute atomic E-state index is 12.6. The first-order valence-electron chi connectivity index (χ1n) is 8.46. The van der Waals surface area contributed by atoms with Gasteiger partial charge in [-0.05, 0) is 19.1 Å². The van der Waals surface area contributed by atoms with Gasteiger partial charge in [0.1, 0.15) is 11.9 Å². The molecule has 8 heteroatoms. The Labute approximate surface area is 151 Å². The summed E-state index contributed by atoms with van der Waals surface area (Å²) in [7, 11) is 0. The highest BCUT2D eigenvalue weighted by Gasteiger charge is 2.66. The summed E-state index contributed by atoms with van der Waals surface area (Å²) in [6.45, 7) is 5.90. The number of nitrogens with one attached hydrogen (secondary N) is 1. The third-order valence-corrected chi connectivity index (χ3v) is 5.17. The molecule has 2 aromatic rings. The minimum atomic E-state index is -1.41. The molecule has 2 atom stereocenters. The number of aliphatic carboxylic acids is 1. The molecule has 2 N–H and O–H groups in total. The SMILES string of the molecule is CCOC1CC(NC(=O)c2ncn(-c3ccccc3)n2)(C(=O)O)C1(C)C. The summed E-state index contributed by atoms with van der Waals surface area (Å²) in [6.07, 6.45) is 1.39. The molecule has 1 aliphatic rings. The Hall–Kier alpha value is -2.74. The Bertz CT molecular complexity index is 818. The Morgan fingerprint density at radius 3 is 2.62 bits per heavy atom. The van der Waals surface area contributed by atoms with E-state index in [2.05, 4.69) is 15.4 Å². The molecule has 1 saturated carbocycles. The van der Waals surface area contributed by atoms with Crippen LogP contribution in [0.15, 0.2) is 36.7 Å². The lowest BCUT2D eigenvalue weighted by molar-refractivity contribution is -0.190. The minimum absolute atomic E-state index is 0.0786. The van der Waals surface area contributed by atoms with E-state index in [9.17, 15) is 14.7 Å². The molecular weight excluding hydrogens is 336 g/mol. The van der Waals surface area contributed by atoms with Crippen LogP contribution in [0.4, 0.5) is 0 Å². The smallest absolute Gasteiger partial charge is 0.330 e. The van der Waals surface area contributed by atoms with Crippen molar-refractivity contribution in [2.24, 2.45) is 5.41 Å². The Morgan fingerprint density at radius 2 is 2.04 bits per heavy atom. The van der Waals surface area contributed by atoms with Crippen molar-refractivity contribution >= 4 is 11.9 Å². The van der Waals surface area contributed by atoms with Gasteiger partial charge in [-0.1, -0.05) is 32.0 Å². The molecular formula is C18H22N4O4. The zero-order chi connectivity index (χ0) is 18.9. The quantitative estimate of drug-likeness (QED) is 0.813. The number of nitrogens with zero attached hydrogens (tertiary/aromatic N) is 3. The van der Waals surface area contributed by atoms with Crippen LogP contribution in [0.1, 0.15) is 37.8 Å². The number of aromatic nitrogens is 3. The molecule has 2 unspecified atom stereocenters. The Morgan fingerprint density at radius 1 is 1.35 bits per heavy atom. The van der Waals surface area contributed by atoms with Crippen molar-refractivity contribution in [1.29, 1.82) is 0 Å². The fourth-order valence-electron chi connectivity index (χ4n) is 3.36. The summed E-state index contributed by atoms with van der Waals surface area (Å²) in [6, 6.07) is 9.23. The number of hydrogen-bond donors (Lipinski definition) is 2. The lowest BCUT2D eigenvalue weighted by Gasteiger charge is -2.58. The van der Waals surface area contributed by atoms with Gasteiger partial charge in [-0.2, -0.15) is 0 Å². The zero-order valence-corrected chi connectivity index (χ0v) is 15.0. The average molecular weight is 358 g/mol. The molecule has 26 heavy (non-hydrogen) atoms. The minimum Gasteiger partial charge on any atom is -0.479 e. The molecule has 1 fully saturated rings. The van der Waals surface area contributed by atoms with E-state index in [1.807, 2.05) is 37.3 Å². The monoisotopic (exact) mass is 358 g/mol. The highest BCUT2D eigenvalue weighted by molar-refractivity contribution is 5.96. The van der Waals surface area contributed by atoms with Crippen LogP contribution >= 0.6 is 0 Å². The van der Waals surface area contributed by atoms with E-state index >= 15 is 0 Å². The third kappa shape index (κ3) is 2.76.